The van der Waals surface area contributed by atoms with Crippen molar-refractivity contribution in [3.63, 3.8) is 0 Å². The molecule has 1 aromatic heterocycles. The molecule has 5 heterocycles. The fourth-order valence-electron chi connectivity index (χ4n) is 7.17. The number of fused-ring (bicyclic) bond motifs is 2. The first kappa shape index (κ1) is 26.8. The van der Waals surface area contributed by atoms with Gasteiger partial charge in [0.2, 0.25) is 5.91 Å². The van der Waals surface area contributed by atoms with Crippen molar-refractivity contribution in [1.29, 1.82) is 0 Å². The van der Waals surface area contributed by atoms with E-state index in [-0.39, 0.29) is 69.3 Å². The zero-order valence-electron chi connectivity index (χ0n) is 22.9. The van der Waals surface area contributed by atoms with Crippen LogP contribution < -0.4 is 9.64 Å². The molecule has 6 rings (SSSR count). The van der Waals surface area contributed by atoms with Crippen LogP contribution in [0.15, 0.2) is 30.9 Å². The molecule has 3 fully saturated rings. The second kappa shape index (κ2) is 9.34. The van der Waals surface area contributed by atoms with Crippen LogP contribution in [0.5, 0.6) is 11.5 Å². The Hall–Kier alpha value is -3.37. The van der Waals surface area contributed by atoms with Crippen LogP contribution in [0.1, 0.15) is 30.6 Å². The molecule has 1 aromatic carbocycles. The smallest absolute Gasteiger partial charge is 0.261 e. The molecule has 0 aliphatic carbocycles. The van der Waals surface area contributed by atoms with Crippen molar-refractivity contribution in [2.45, 2.75) is 31.8 Å². The summed E-state index contributed by atoms with van der Waals surface area (Å²) >= 11 is 6.87. The molecule has 2 amide bonds. The van der Waals surface area contributed by atoms with Crippen LogP contribution in [-0.2, 0) is 4.79 Å². The Labute approximate surface area is 237 Å². The maximum atomic E-state index is 15.2. The average Bonchev–Trinajstić information content (AvgIpc) is 3.08. The standard InChI is InChI=1S/C29H33ClFN5O4/c1-5-20(38)34-9-10-35-17(11-34)12-40-25-22(27(35)39)26(36-16-29(13-28(36,2)3)14-33(4)15-29)32-24(23(25)30)21-18(31)7-6-8-19(21)37/h5-8,17,37H,1,9-16H2,2-4H3/t17-/m1/s1. The van der Waals surface area contributed by atoms with E-state index in [9.17, 15) is 14.7 Å². The minimum Gasteiger partial charge on any atom is -0.507 e. The van der Waals surface area contributed by atoms with Gasteiger partial charge in [-0.15, -0.1) is 0 Å². The Morgan fingerprint density at radius 2 is 2.00 bits per heavy atom. The highest BCUT2D eigenvalue weighted by atomic mass is 35.5. The number of rotatable bonds is 3. The number of nitrogens with zero attached hydrogens (tertiary/aromatic N) is 5. The summed E-state index contributed by atoms with van der Waals surface area (Å²) in [7, 11) is 2.08. The van der Waals surface area contributed by atoms with Crippen LogP contribution in [0.2, 0.25) is 5.02 Å². The number of phenolic OH excluding ortho intramolecular Hbond substituents is 1. The van der Waals surface area contributed by atoms with Crippen molar-refractivity contribution in [3.05, 3.63) is 47.3 Å². The quantitative estimate of drug-likeness (QED) is 0.567. The summed E-state index contributed by atoms with van der Waals surface area (Å²) in [6.07, 6.45) is 2.16. The van der Waals surface area contributed by atoms with Crippen LogP contribution in [0.3, 0.4) is 0 Å². The maximum absolute atomic E-state index is 15.2. The predicted octanol–water partition coefficient (Wildman–Crippen LogP) is 3.40. The van der Waals surface area contributed by atoms with E-state index in [0.717, 1.165) is 19.5 Å². The summed E-state index contributed by atoms with van der Waals surface area (Å²) in [4.78, 5) is 39.2. The van der Waals surface area contributed by atoms with Gasteiger partial charge in [0.1, 0.15) is 40.3 Å². The highest BCUT2D eigenvalue weighted by molar-refractivity contribution is 6.35. The van der Waals surface area contributed by atoms with Crippen LogP contribution in [-0.4, -0.2) is 101 Å². The lowest BCUT2D eigenvalue weighted by atomic mass is 9.76. The zero-order chi connectivity index (χ0) is 28.6. The SMILES string of the molecule is C=CC(=O)N1CCN2C(=O)c3c(N4CC5(CN(C)C5)CC4(C)C)nc(-c4c(O)cccc4F)c(Cl)c3OC[C@H]2C1. The number of likely N-dealkylation sites (tertiary alicyclic amines) is 1. The van der Waals surface area contributed by atoms with Crippen molar-refractivity contribution in [2.24, 2.45) is 5.41 Å². The number of phenols is 1. The van der Waals surface area contributed by atoms with Crippen molar-refractivity contribution in [2.75, 3.05) is 57.8 Å². The first-order valence-corrected chi connectivity index (χ1v) is 13.9. The maximum Gasteiger partial charge on any atom is 0.261 e. The highest BCUT2D eigenvalue weighted by Crippen LogP contribution is 2.52. The lowest BCUT2D eigenvalue weighted by Crippen LogP contribution is -2.57. The third-order valence-corrected chi connectivity index (χ3v) is 9.02. The van der Waals surface area contributed by atoms with Crippen molar-refractivity contribution in [1.82, 2.24) is 19.7 Å². The van der Waals surface area contributed by atoms with Gasteiger partial charge in [-0.2, -0.15) is 0 Å². The summed E-state index contributed by atoms with van der Waals surface area (Å²) in [5.41, 5.74) is -0.225. The number of amides is 2. The van der Waals surface area contributed by atoms with Gasteiger partial charge in [0.25, 0.3) is 5.91 Å². The molecule has 4 aliphatic rings. The normalized spacial score (nSPS) is 23.3. The summed E-state index contributed by atoms with van der Waals surface area (Å²) in [6.45, 7) is 11.4. The highest BCUT2D eigenvalue weighted by Gasteiger charge is 2.55. The molecule has 0 saturated carbocycles. The summed E-state index contributed by atoms with van der Waals surface area (Å²) in [5.74, 6) is -1.01. The van der Waals surface area contributed by atoms with E-state index in [0.29, 0.717) is 25.5 Å². The van der Waals surface area contributed by atoms with E-state index in [1.54, 1.807) is 9.80 Å². The van der Waals surface area contributed by atoms with Gasteiger partial charge in [0.05, 0.1) is 11.6 Å². The molecule has 4 aliphatic heterocycles. The van der Waals surface area contributed by atoms with Crippen molar-refractivity contribution >= 4 is 29.2 Å². The number of carbonyl (C=O) groups excluding carboxylic acids is 2. The molecule has 9 nitrogen and oxygen atoms in total. The van der Waals surface area contributed by atoms with Gasteiger partial charge in [-0.05, 0) is 45.5 Å². The number of piperazine rings is 1. The van der Waals surface area contributed by atoms with Gasteiger partial charge in [-0.25, -0.2) is 9.37 Å². The van der Waals surface area contributed by atoms with Crippen molar-refractivity contribution in [3.8, 4) is 22.8 Å². The van der Waals surface area contributed by atoms with Gasteiger partial charge in [0.15, 0.2) is 5.75 Å². The topological polar surface area (TPSA) is 89.5 Å². The number of aromatic hydroxyl groups is 1. The Morgan fingerprint density at radius 3 is 2.67 bits per heavy atom. The van der Waals surface area contributed by atoms with E-state index in [1.807, 2.05) is 0 Å². The minimum atomic E-state index is -0.686. The molecule has 1 atom stereocenters. The van der Waals surface area contributed by atoms with E-state index < -0.39 is 11.9 Å². The van der Waals surface area contributed by atoms with Crippen LogP contribution in [0, 0.1) is 11.2 Å². The molecule has 11 heteroatoms. The lowest BCUT2D eigenvalue weighted by molar-refractivity contribution is -0.128. The monoisotopic (exact) mass is 569 g/mol. The third-order valence-electron chi connectivity index (χ3n) is 8.67. The number of anilines is 1. The molecule has 3 saturated heterocycles. The molecule has 2 aromatic rings. The number of benzene rings is 1. The van der Waals surface area contributed by atoms with Crippen molar-refractivity contribution < 1.29 is 23.8 Å². The number of hydrogen-bond acceptors (Lipinski definition) is 7. The first-order chi connectivity index (χ1) is 18.9. The lowest BCUT2D eigenvalue weighted by Gasteiger charge is -2.46. The van der Waals surface area contributed by atoms with Crippen LogP contribution in [0.4, 0.5) is 10.2 Å². The summed E-state index contributed by atoms with van der Waals surface area (Å²) < 4.78 is 21.4. The predicted molar refractivity (Wildman–Crippen MR) is 149 cm³/mol. The molecule has 0 radical (unpaired) electrons. The van der Waals surface area contributed by atoms with Gasteiger partial charge in [-0.3, -0.25) is 9.59 Å². The largest absolute Gasteiger partial charge is 0.507 e. The van der Waals surface area contributed by atoms with Gasteiger partial charge in [-0.1, -0.05) is 24.2 Å². The number of aromatic nitrogens is 1. The van der Waals surface area contributed by atoms with Crippen LogP contribution in [0.25, 0.3) is 11.3 Å². The molecule has 212 valence electrons. The zero-order valence-corrected chi connectivity index (χ0v) is 23.7. The average molecular weight is 570 g/mol. The molecule has 1 spiro atoms. The van der Waals surface area contributed by atoms with E-state index in [1.165, 1.54) is 24.3 Å². The fourth-order valence-corrected chi connectivity index (χ4v) is 7.46. The number of pyridine rings is 1. The summed E-state index contributed by atoms with van der Waals surface area (Å²) in [6, 6.07) is 3.60. The number of hydrogen-bond donors (Lipinski definition) is 1. The molecule has 40 heavy (non-hydrogen) atoms. The molecule has 0 bridgehead atoms. The Kier molecular flexibility index (Phi) is 6.27. The Balaban J connectivity index is 1.52. The number of ether oxygens (including phenoxy) is 1. The van der Waals surface area contributed by atoms with Gasteiger partial charge < -0.3 is 29.4 Å². The molecule has 0 unspecified atom stereocenters. The van der Waals surface area contributed by atoms with E-state index in [2.05, 4.69) is 37.3 Å². The van der Waals surface area contributed by atoms with Gasteiger partial charge in [0, 0.05) is 50.2 Å². The number of halogens is 2. The van der Waals surface area contributed by atoms with E-state index in [4.69, 9.17) is 21.3 Å². The second-order valence-corrected chi connectivity index (χ2v) is 12.5. The third kappa shape index (κ3) is 4.11. The summed E-state index contributed by atoms with van der Waals surface area (Å²) in [5, 5.41) is 10.6. The van der Waals surface area contributed by atoms with Gasteiger partial charge >= 0.3 is 0 Å². The fraction of sp³-hybridized carbons (Fsp3) is 0.483. The second-order valence-electron chi connectivity index (χ2n) is 12.1. The molecular formula is C29H33ClFN5O4. The van der Waals surface area contributed by atoms with Crippen LogP contribution >= 0.6 is 11.6 Å². The Morgan fingerprint density at radius 1 is 1.25 bits per heavy atom. The van der Waals surface area contributed by atoms with E-state index >= 15 is 4.39 Å². The molecule has 1 N–H and O–H groups in total. The Bertz CT molecular complexity index is 1410. The molecular weight excluding hydrogens is 537 g/mol. The number of carbonyl (C=O) groups is 2. The minimum absolute atomic E-state index is 0.0182. The first-order valence-electron chi connectivity index (χ1n) is 13.5.